The second kappa shape index (κ2) is 6.81. The van der Waals surface area contributed by atoms with Crippen LogP contribution in [0.4, 0.5) is 0 Å². The minimum atomic E-state index is 0.194. The summed E-state index contributed by atoms with van der Waals surface area (Å²) >= 11 is 0. The summed E-state index contributed by atoms with van der Waals surface area (Å²) in [5.41, 5.74) is 0. The molecule has 12 heavy (non-hydrogen) atoms. The van der Waals surface area contributed by atoms with Gasteiger partial charge in [-0.2, -0.15) is 5.26 Å². The molecule has 0 radical (unpaired) electrons. The van der Waals surface area contributed by atoms with Crippen LogP contribution in [0.15, 0.2) is 10.5 Å². The predicted molar refractivity (Wildman–Crippen MR) is 42.3 cm³/mol. The van der Waals surface area contributed by atoms with Gasteiger partial charge in [-0.25, -0.2) is 4.99 Å². The molecule has 6 heteroatoms. The molecule has 72 valence electrons. The molecule has 0 rings (SSSR count). The fourth-order valence-corrected chi connectivity index (χ4v) is 0.654. The lowest BCUT2D eigenvalue weighted by Gasteiger charge is -2.20. The molecular weight excluding hydrogens is 162 g/mol. The van der Waals surface area contributed by atoms with Gasteiger partial charge in [0.25, 0.3) is 0 Å². The molecule has 0 spiro atoms. The quantitative estimate of drug-likeness (QED) is 0.375. The third kappa shape index (κ3) is 4.86. The van der Waals surface area contributed by atoms with Gasteiger partial charge in [-0.1, -0.05) is 0 Å². The molecule has 0 amide bonds. The van der Waals surface area contributed by atoms with Crippen LogP contribution in [0.2, 0.25) is 0 Å². The van der Waals surface area contributed by atoms with Crippen LogP contribution in [0.5, 0.6) is 0 Å². The lowest BCUT2D eigenvalue weighted by molar-refractivity contribution is -0.255. The molecular formula is C6H15N3O3. The summed E-state index contributed by atoms with van der Waals surface area (Å²) in [5, 5.41) is 16.1. The molecule has 0 aliphatic carbocycles. The number of hydrogen-bond acceptors (Lipinski definition) is 5. The molecule has 0 unspecified atom stereocenters. The third-order valence-electron chi connectivity index (χ3n) is 1.31. The SMILES string of the molecule is COCCN(/N=N/OO)C(C)C. The summed E-state index contributed by atoms with van der Waals surface area (Å²) < 4.78 is 4.86. The Bertz CT molecular complexity index is 129. The first-order valence-electron chi connectivity index (χ1n) is 3.69. The Balaban J connectivity index is 3.78. The molecule has 0 aliphatic rings. The average Bonchev–Trinajstić information content (AvgIpc) is 2.04. The van der Waals surface area contributed by atoms with Crippen LogP contribution in [-0.4, -0.2) is 36.6 Å². The molecule has 0 atom stereocenters. The van der Waals surface area contributed by atoms with Crippen LogP contribution >= 0.6 is 0 Å². The van der Waals surface area contributed by atoms with Crippen LogP contribution in [-0.2, 0) is 9.73 Å². The van der Waals surface area contributed by atoms with Crippen LogP contribution in [0.3, 0.4) is 0 Å². The van der Waals surface area contributed by atoms with Gasteiger partial charge in [-0.15, -0.1) is 0 Å². The molecule has 0 fully saturated rings. The van der Waals surface area contributed by atoms with E-state index < -0.39 is 0 Å². The Kier molecular flexibility index (Phi) is 6.31. The van der Waals surface area contributed by atoms with Crippen molar-refractivity contribution in [3.05, 3.63) is 0 Å². The molecule has 6 nitrogen and oxygen atoms in total. The molecule has 1 N–H and O–H groups in total. The van der Waals surface area contributed by atoms with Gasteiger partial charge in [-0.05, 0) is 19.1 Å². The van der Waals surface area contributed by atoms with Gasteiger partial charge in [0.15, 0.2) is 0 Å². The van der Waals surface area contributed by atoms with Crippen molar-refractivity contribution < 1.29 is 15.0 Å². The molecule has 0 aliphatic heterocycles. The van der Waals surface area contributed by atoms with E-state index in [0.29, 0.717) is 13.2 Å². The zero-order valence-corrected chi connectivity index (χ0v) is 7.60. The standard InChI is InChI=1S/C6H15N3O3/c1-6(2)9(4-5-11-3)7-8-12-10/h6,10H,4-5H2,1-3H3/b8-7+. The summed E-state index contributed by atoms with van der Waals surface area (Å²) in [5.74, 6) is 0. The van der Waals surface area contributed by atoms with Gasteiger partial charge in [0.05, 0.1) is 18.4 Å². The van der Waals surface area contributed by atoms with E-state index in [1.54, 1.807) is 12.1 Å². The van der Waals surface area contributed by atoms with Crippen molar-refractivity contribution in [2.24, 2.45) is 10.5 Å². The minimum absolute atomic E-state index is 0.194. The van der Waals surface area contributed by atoms with Crippen molar-refractivity contribution in [3.63, 3.8) is 0 Å². The van der Waals surface area contributed by atoms with Crippen molar-refractivity contribution in [1.29, 1.82) is 0 Å². The highest BCUT2D eigenvalue weighted by molar-refractivity contribution is 4.54. The molecule has 0 saturated heterocycles. The maximum absolute atomic E-state index is 7.90. The first-order chi connectivity index (χ1) is 5.72. The molecule has 0 bridgehead atoms. The lowest BCUT2D eigenvalue weighted by Crippen LogP contribution is -2.28. The normalized spacial score (nSPS) is 11.1. The highest BCUT2D eigenvalue weighted by Crippen LogP contribution is 1.98. The van der Waals surface area contributed by atoms with Crippen LogP contribution in [0.1, 0.15) is 13.8 Å². The van der Waals surface area contributed by atoms with Gasteiger partial charge in [0, 0.05) is 13.2 Å². The smallest absolute Gasteiger partial charge is 0.0837 e. The van der Waals surface area contributed by atoms with Crippen molar-refractivity contribution in [3.8, 4) is 0 Å². The monoisotopic (exact) mass is 177 g/mol. The number of rotatable bonds is 6. The molecule has 0 aromatic rings. The van der Waals surface area contributed by atoms with E-state index in [1.807, 2.05) is 13.8 Å². The zero-order valence-electron chi connectivity index (χ0n) is 7.60. The summed E-state index contributed by atoms with van der Waals surface area (Å²) in [6.45, 7) is 5.07. The number of hydrogen-bond donors (Lipinski definition) is 1. The minimum Gasteiger partial charge on any atom is -0.383 e. The topological polar surface area (TPSA) is 66.7 Å². The van der Waals surface area contributed by atoms with Gasteiger partial charge >= 0.3 is 0 Å². The maximum atomic E-state index is 7.90. The summed E-state index contributed by atoms with van der Waals surface area (Å²) in [7, 11) is 1.61. The third-order valence-corrected chi connectivity index (χ3v) is 1.31. The molecule has 0 aromatic carbocycles. The molecule has 0 saturated carbocycles. The largest absolute Gasteiger partial charge is 0.383 e. The summed E-state index contributed by atoms with van der Waals surface area (Å²) in [6, 6.07) is 0.194. The van der Waals surface area contributed by atoms with E-state index in [0.717, 1.165) is 0 Å². The van der Waals surface area contributed by atoms with E-state index in [9.17, 15) is 0 Å². The predicted octanol–water partition coefficient (Wildman–Crippen LogP) is 1.11. The Morgan fingerprint density at radius 3 is 2.58 bits per heavy atom. The Hall–Kier alpha value is -0.880. The average molecular weight is 177 g/mol. The van der Waals surface area contributed by atoms with Gasteiger partial charge < -0.3 is 4.74 Å². The zero-order chi connectivity index (χ0) is 9.40. The van der Waals surface area contributed by atoms with E-state index in [1.165, 1.54) is 0 Å². The van der Waals surface area contributed by atoms with Crippen LogP contribution in [0, 0.1) is 0 Å². The molecule has 0 aromatic heterocycles. The highest BCUT2D eigenvalue weighted by atomic mass is 17.2. The highest BCUT2D eigenvalue weighted by Gasteiger charge is 2.05. The fraction of sp³-hybridized carbons (Fsp3) is 1.00. The second-order valence-corrected chi connectivity index (χ2v) is 2.50. The van der Waals surface area contributed by atoms with Crippen molar-refractivity contribution in [1.82, 2.24) is 5.01 Å². The van der Waals surface area contributed by atoms with E-state index in [4.69, 9.17) is 9.99 Å². The lowest BCUT2D eigenvalue weighted by atomic mass is 10.4. The Morgan fingerprint density at radius 1 is 1.50 bits per heavy atom. The Labute approximate surface area is 71.6 Å². The summed E-state index contributed by atoms with van der Waals surface area (Å²) in [6.07, 6.45) is 0. The second-order valence-electron chi connectivity index (χ2n) is 2.50. The maximum Gasteiger partial charge on any atom is 0.0837 e. The number of methoxy groups -OCH3 is 1. The van der Waals surface area contributed by atoms with Crippen LogP contribution < -0.4 is 0 Å². The van der Waals surface area contributed by atoms with Gasteiger partial charge in [0.1, 0.15) is 0 Å². The van der Waals surface area contributed by atoms with Crippen molar-refractivity contribution in [2.45, 2.75) is 19.9 Å². The van der Waals surface area contributed by atoms with Crippen molar-refractivity contribution >= 4 is 0 Å². The molecule has 0 heterocycles. The fourth-order valence-electron chi connectivity index (χ4n) is 0.654. The van der Waals surface area contributed by atoms with E-state index in [-0.39, 0.29) is 6.04 Å². The summed E-state index contributed by atoms with van der Waals surface area (Å²) in [4.78, 5) is 3.48. The number of nitrogens with zero attached hydrogens (tertiary/aromatic N) is 3. The van der Waals surface area contributed by atoms with Gasteiger partial charge in [-0.3, -0.25) is 5.01 Å². The van der Waals surface area contributed by atoms with Gasteiger partial charge in [0.2, 0.25) is 0 Å². The van der Waals surface area contributed by atoms with Crippen molar-refractivity contribution in [2.75, 3.05) is 20.3 Å². The first kappa shape index (κ1) is 11.1. The van der Waals surface area contributed by atoms with E-state index >= 15 is 0 Å². The number of ether oxygens (including phenoxy) is 1. The first-order valence-corrected chi connectivity index (χ1v) is 3.69. The van der Waals surface area contributed by atoms with Crippen LogP contribution in [0.25, 0.3) is 0 Å². The van der Waals surface area contributed by atoms with E-state index in [2.05, 4.69) is 15.5 Å². The Morgan fingerprint density at radius 2 is 2.17 bits per heavy atom.